The summed E-state index contributed by atoms with van der Waals surface area (Å²) in [6.07, 6.45) is 2.89. The fourth-order valence-electron chi connectivity index (χ4n) is 4.88. The number of amides is 1. The van der Waals surface area contributed by atoms with Gasteiger partial charge in [-0.1, -0.05) is 44.2 Å². The number of guanidine groups is 1. The Morgan fingerprint density at radius 2 is 1.77 bits per heavy atom. The standard InChI is InChI=1S/C24H39N5O.HI/c1-19-13-20(2)17-28(16-19)12-10-26-24(25-3)27-15-22-14-23(30)29(18-22)11-9-21-7-5-4-6-8-21;/h4-8,19-20,22H,9-18H2,1-3H3,(H2,25,26,27);1H. The monoisotopic (exact) mass is 541 g/mol. The number of likely N-dealkylation sites (tertiary alicyclic amines) is 2. The first-order valence-electron chi connectivity index (χ1n) is 11.5. The minimum Gasteiger partial charge on any atom is -0.356 e. The Morgan fingerprint density at radius 3 is 2.45 bits per heavy atom. The van der Waals surface area contributed by atoms with Crippen molar-refractivity contribution in [3.63, 3.8) is 0 Å². The van der Waals surface area contributed by atoms with E-state index in [1.165, 1.54) is 25.1 Å². The van der Waals surface area contributed by atoms with Crippen LogP contribution in [0.15, 0.2) is 35.3 Å². The first kappa shape index (κ1) is 25.9. The zero-order chi connectivity index (χ0) is 21.3. The highest BCUT2D eigenvalue weighted by Gasteiger charge is 2.29. The van der Waals surface area contributed by atoms with E-state index in [1.807, 2.05) is 18.0 Å². The van der Waals surface area contributed by atoms with Gasteiger partial charge in [-0.15, -0.1) is 24.0 Å². The summed E-state index contributed by atoms with van der Waals surface area (Å²) in [6.45, 7) is 11.5. The predicted molar refractivity (Wildman–Crippen MR) is 139 cm³/mol. The number of hydrogen-bond acceptors (Lipinski definition) is 3. The predicted octanol–water partition coefficient (Wildman–Crippen LogP) is 2.84. The molecule has 3 atom stereocenters. The number of piperidine rings is 1. The molecule has 31 heavy (non-hydrogen) atoms. The second kappa shape index (κ2) is 13.3. The molecule has 6 nitrogen and oxygen atoms in total. The number of rotatable bonds is 8. The molecule has 0 spiro atoms. The van der Waals surface area contributed by atoms with Crippen molar-refractivity contribution < 1.29 is 4.79 Å². The Balaban J connectivity index is 0.00000341. The molecular weight excluding hydrogens is 501 g/mol. The molecule has 0 saturated carbocycles. The van der Waals surface area contributed by atoms with Gasteiger partial charge in [0.25, 0.3) is 0 Å². The highest BCUT2D eigenvalue weighted by molar-refractivity contribution is 14.0. The van der Waals surface area contributed by atoms with Gasteiger partial charge in [0, 0.05) is 65.2 Å². The number of carbonyl (C=O) groups excluding carboxylic acids is 1. The average Bonchev–Trinajstić information content (AvgIpc) is 3.08. The summed E-state index contributed by atoms with van der Waals surface area (Å²) in [6, 6.07) is 10.4. The van der Waals surface area contributed by atoms with Crippen molar-refractivity contribution >= 4 is 35.8 Å². The van der Waals surface area contributed by atoms with E-state index in [0.29, 0.717) is 12.3 Å². The number of nitrogens with one attached hydrogen (secondary N) is 2. The van der Waals surface area contributed by atoms with Gasteiger partial charge >= 0.3 is 0 Å². The highest BCUT2D eigenvalue weighted by atomic mass is 127. The van der Waals surface area contributed by atoms with Gasteiger partial charge in [-0.3, -0.25) is 9.79 Å². The second-order valence-electron chi connectivity index (χ2n) is 9.23. The van der Waals surface area contributed by atoms with Crippen LogP contribution in [0.4, 0.5) is 0 Å². The van der Waals surface area contributed by atoms with E-state index < -0.39 is 0 Å². The van der Waals surface area contributed by atoms with Crippen molar-refractivity contribution in [1.82, 2.24) is 20.4 Å². The maximum absolute atomic E-state index is 12.4. The van der Waals surface area contributed by atoms with Crippen LogP contribution in [0.25, 0.3) is 0 Å². The van der Waals surface area contributed by atoms with Gasteiger partial charge in [0.05, 0.1) is 0 Å². The topological polar surface area (TPSA) is 60.0 Å². The highest BCUT2D eigenvalue weighted by Crippen LogP contribution is 2.20. The van der Waals surface area contributed by atoms with Crippen LogP contribution in [0.5, 0.6) is 0 Å². The van der Waals surface area contributed by atoms with Crippen LogP contribution in [0.1, 0.15) is 32.3 Å². The summed E-state index contributed by atoms with van der Waals surface area (Å²) < 4.78 is 0. The lowest BCUT2D eigenvalue weighted by molar-refractivity contribution is -0.127. The number of halogens is 1. The molecule has 0 aromatic heterocycles. The van der Waals surface area contributed by atoms with Crippen LogP contribution in [0.2, 0.25) is 0 Å². The Bertz CT molecular complexity index is 688. The van der Waals surface area contributed by atoms with Crippen LogP contribution in [-0.4, -0.2) is 74.5 Å². The van der Waals surface area contributed by atoms with Gasteiger partial charge < -0.3 is 20.4 Å². The molecule has 3 unspecified atom stereocenters. The molecule has 2 N–H and O–H groups in total. The first-order valence-corrected chi connectivity index (χ1v) is 11.5. The quantitative estimate of drug-likeness (QED) is 0.302. The number of nitrogens with zero attached hydrogens (tertiary/aromatic N) is 3. The Hall–Kier alpha value is -1.35. The number of carbonyl (C=O) groups is 1. The summed E-state index contributed by atoms with van der Waals surface area (Å²) in [5, 5.41) is 6.86. The largest absolute Gasteiger partial charge is 0.356 e. The summed E-state index contributed by atoms with van der Waals surface area (Å²) >= 11 is 0. The fraction of sp³-hybridized carbons (Fsp3) is 0.667. The van der Waals surface area contributed by atoms with Crippen molar-refractivity contribution in [3.05, 3.63) is 35.9 Å². The van der Waals surface area contributed by atoms with E-state index in [-0.39, 0.29) is 29.9 Å². The third-order valence-corrected chi connectivity index (χ3v) is 6.25. The van der Waals surface area contributed by atoms with Gasteiger partial charge in [0.1, 0.15) is 0 Å². The summed E-state index contributed by atoms with van der Waals surface area (Å²) in [5.41, 5.74) is 1.29. The van der Waals surface area contributed by atoms with Crippen LogP contribution in [-0.2, 0) is 11.2 Å². The molecule has 0 aliphatic carbocycles. The van der Waals surface area contributed by atoms with Crippen LogP contribution in [0.3, 0.4) is 0 Å². The van der Waals surface area contributed by atoms with Crippen molar-refractivity contribution in [2.45, 2.75) is 33.1 Å². The van der Waals surface area contributed by atoms with Crippen LogP contribution < -0.4 is 10.6 Å². The lowest BCUT2D eigenvalue weighted by atomic mass is 9.92. The van der Waals surface area contributed by atoms with E-state index in [9.17, 15) is 4.79 Å². The minimum atomic E-state index is 0. The van der Waals surface area contributed by atoms with Gasteiger partial charge in [-0.2, -0.15) is 0 Å². The van der Waals surface area contributed by atoms with Gasteiger partial charge in [-0.05, 0) is 30.2 Å². The van der Waals surface area contributed by atoms with Crippen molar-refractivity contribution in [2.75, 3.05) is 52.9 Å². The second-order valence-corrected chi connectivity index (χ2v) is 9.23. The lowest BCUT2D eigenvalue weighted by Gasteiger charge is -2.35. The molecule has 2 fully saturated rings. The SMILES string of the molecule is CN=C(NCCN1CC(C)CC(C)C1)NCC1CC(=O)N(CCc2ccccc2)C1.I. The zero-order valence-electron chi connectivity index (χ0n) is 19.3. The molecule has 2 aliphatic rings. The van der Waals surface area contributed by atoms with E-state index in [2.05, 4.69) is 58.6 Å². The zero-order valence-corrected chi connectivity index (χ0v) is 21.7. The summed E-state index contributed by atoms with van der Waals surface area (Å²) in [5.74, 6) is 3.03. The molecular formula is C24H40IN5O. The lowest BCUT2D eigenvalue weighted by Crippen LogP contribution is -2.46. The number of aliphatic imine (C=N–C) groups is 1. The molecule has 2 heterocycles. The third-order valence-electron chi connectivity index (χ3n) is 6.25. The van der Waals surface area contributed by atoms with E-state index in [0.717, 1.165) is 56.9 Å². The summed E-state index contributed by atoms with van der Waals surface area (Å²) in [4.78, 5) is 21.3. The smallest absolute Gasteiger partial charge is 0.223 e. The molecule has 0 radical (unpaired) electrons. The summed E-state index contributed by atoms with van der Waals surface area (Å²) in [7, 11) is 1.81. The normalized spacial score (nSPS) is 24.7. The van der Waals surface area contributed by atoms with E-state index >= 15 is 0 Å². The van der Waals surface area contributed by atoms with Crippen molar-refractivity contribution in [2.24, 2.45) is 22.7 Å². The van der Waals surface area contributed by atoms with Gasteiger partial charge in [-0.25, -0.2) is 0 Å². The Labute approximate surface area is 205 Å². The first-order chi connectivity index (χ1) is 14.5. The molecule has 1 amide bonds. The van der Waals surface area contributed by atoms with Crippen LogP contribution in [0, 0.1) is 17.8 Å². The molecule has 174 valence electrons. The maximum Gasteiger partial charge on any atom is 0.223 e. The number of hydrogen-bond donors (Lipinski definition) is 2. The minimum absolute atomic E-state index is 0. The maximum atomic E-state index is 12.4. The fourth-order valence-corrected chi connectivity index (χ4v) is 4.88. The van der Waals surface area contributed by atoms with Gasteiger partial charge in [0.15, 0.2) is 5.96 Å². The molecule has 7 heteroatoms. The van der Waals surface area contributed by atoms with E-state index in [4.69, 9.17) is 0 Å². The Kier molecular flexibility index (Phi) is 11.1. The molecule has 2 saturated heterocycles. The molecule has 1 aromatic carbocycles. The number of benzene rings is 1. The van der Waals surface area contributed by atoms with Gasteiger partial charge in [0.2, 0.25) is 5.91 Å². The molecule has 2 aliphatic heterocycles. The van der Waals surface area contributed by atoms with Crippen molar-refractivity contribution in [3.8, 4) is 0 Å². The molecule has 1 aromatic rings. The molecule has 3 rings (SSSR count). The van der Waals surface area contributed by atoms with Crippen molar-refractivity contribution in [1.29, 1.82) is 0 Å². The van der Waals surface area contributed by atoms with E-state index in [1.54, 1.807) is 0 Å². The average molecular weight is 542 g/mol. The van der Waals surface area contributed by atoms with Crippen LogP contribution >= 0.6 is 24.0 Å². The molecule has 0 bridgehead atoms. The third kappa shape index (κ3) is 8.60. The Morgan fingerprint density at radius 1 is 1.06 bits per heavy atom.